The molecular formula is C120H214O22Si6. The Bertz CT molecular complexity index is 4430. The third-order valence-electron chi connectivity index (χ3n) is 39.5. The molecule has 10 fully saturated rings. The Balaban J connectivity index is 0.000000281. The fourth-order valence-electron chi connectivity index (χ4n) is 23.1. The largest absolute Gasteiger partial charge is 0.408 e. The number of Topliss-reactive ketones (excluding diaryl/α,β-unsaturated/α-hetero) is 2. The van der Waals surface area contributed by atoms with Gasteiger partial charge < -0.3 is 88.5 Å². The molecule has 0 radical (unpaired) electrons. The zero-order valence-electron chi connectivity index (χ0n) is 100. The first kappa shape index (κ1) is 126. The molecule has 16 aliphatic heterocycles. The maximum Gasteiger partial charge on any atom is 0.193 e. The van der Waals surface area contributed by atoms with Crippen LogP contribution in [-0.4, -0.2) is 264 Å². The Morgan fingerprint density at radius 3 is 1.00 bits per heavy atom. The summed E-state index contributed by atoms with van der Waals surface area (Å²) in [7, 11) is -11.5. The van der Waals surface area contributed by atoms with Crippen LogP contribution in [0.4, 0.5) is 0 Å². The number of aliphatic hydroxyl groups excluding tert-OH is 1. The van der Waals surface area contributed by atoms with Gasteiger partial charge in [-0.1, -0.05) is 224 Å². The second-order valence-electron chi connectivity index (χ2n) is 57.1. The van der Waals surface area contributed by atoms with E-state index in [0.29, 0.717) is 88.9 Å². The van der Waals surface area contributed by atoms with Gasteiger partial charge in [0, 0.05) is 71.0 Å². The molecule has 16 rings (SSSR count). The van der Waals surface area contributed by atoms with E-state index in [-0.39, 0.29) is 194 Å². The van der Waals surface area contributed by atoms with E-state index in [2.05, 4.69) is 277 Å². The molecule has 10 saturated heterocycles. The van der Waals surface area contributed by atoms with Gasteiger partial charge in [0.2, 0.25) is 0 Å². The van der Waals surface area contributed by atoms with E-state index >= 15 is 0 Å². The smallest absolute Gasteiger partial charge is 0.193 e. The highest BCUT2D eigenvalue weighted by Crippen LogP contribution is 2.54. The third-order valence-corrected chi connectivity index (χ3v) is 66.3. The number of rotatable bonds is 20. The zero-order valence-corrected chi connectivity index (χ0v) is 106. The number of hydrogen-bond donors (Lipinski definition) is 1. The molecule has 22 nitrogen and oxygen atoms in total. The zero-order chi connectivity index (χ0) is 110. The minimum absolute atomic E-state index is 0.0206. The molecule has 16 bridgehead atoms. The van der Waals surface area contributed by atoms with Crippen molar-refractivity contribution in [2.75, 3.05) is 14.2 Å². The van der Waals surface area contributed by atoms with Crippen molar-refractivity contribution in [3.63, 3.8) is 0 Å². The van der Waals surface area contributed by atoms with Gasteiger partial charge in [-0.25, -0.2) is 0 Å². The Kier molecular flexibility index (Phi) is 43.0. The maximum atomic E-state index is 14.9. The predicted octanol–water partition coefficient (Wildman–Crippen LogP) is 27.4. The van der Waals surface area contributed by atoms with E-state index in [1.165, 1.54) is 0 Å². The Morgan fingerprint density at radius 2 is 0.655 bits per heavy atom. The van der Waals surface area contributed by atoms with Crippen molar-refractivity contribution in [3.8, 4) is 0 Å². The average Bonchev–Trinajstić information content (AvgIpc) is 0.886. The van der Waals surface area contributed by atoms with Crippen molar-refractivity contribution in [3.05, 3.63) is 72.9 Å². The number of methoxy groups -OCH3 is 2. The van der Waals surface area contributed by atoms with Crippen molar-refractivity contribution in [1.82, 2.24) is 0 Å². The monoisotopic (exact) mass is 2180 g/mol. The van der Waals surface area contributed by atoms with Crippen LogP contribution < -0.4 is 0 Å². The van der Waals surface area contributed by atoms with Gasteiger partial charge in [0.05, 0.1) is 128 Å². The molecule has 148 heavy (non-hydrogen) atoms. The molecule has 16 aliphatic rings. The van der Waals surface area contributed by atoms with Gasteiger partial charge in [-0.15, -0.1) is 0 Å². The molecule has 0 spiro atoms. The van der Waals surface area contributed by atoms with Crippen molar-refractivity contribution in [2.24, 2.45) is 35.5 Å². The highest BCUT2D eigenvalue weighted by molar-refractivity contribution is 6.76. The highest BCUT2D eigenvalue weighted by atomic mass is 28.4. The summed E-state index contributed by atoms with van der Waals surface area (Å²) in [5.41, 5.74) is 4.39. The van der Waals surface area contributed by atoms with Crippen LogP contribution in [-0.2, 0) is 97.8 Å². The van der Waals surface area contributed by atoms with Crippen LogP contribution in [0.5, 0.6) is 0 Å². The number of carbonyl (C=O) groups excluding carboxylic acids is 3. The first-order valence-electron chi connectivity index (χ1n) is 58.3. The van der Waals surface area contributed by atoms with Gasteiger partial charge in [-0.3, -0.25) is 14.4 Å². The van der Waals surface area contributed by atoms with E-state index in [0.717, 1.165) is 99.3 Å². The van der Waals surface area contributed by atoms with Crippen LogP contribution in [0.3, 0.4) is 0 Å². The SMILES string of the molecule is C=C1CC2CCC(O)/C=C/[C@H](O[Si](C)(C)C(C)(C)C)[C@@H]3O[C@H]4CC[C@H](CC(=O)CC5[C@H](CC6O[C@@H](CCC1O2)C[C@@H](C)C6=C)O[C@H](CC(C)CC)[C@@H]5OC)O[C@@H]4[C@H](O[Si](C)(C)C(C)(C)C)[C@@H]3O[Si](C)(C)C(C)(C)C.C=C1C[C@@H]2CCC(=O)/C=C/[C@H](O[Si](C)(C)C(C)(C)C)[C@@H]3O[C@H]4CC[C@H](CC(=O)CC5[C@H](CC6O[C@@H](CCC1O2)C[C@@H](C)C6=C)O[C@H](CC(C)CC)[C@@H]5OC)O[C@@H]4[C@H](O[Si](C)(C)C(C)(C)C)[C@@H]3O[Si](C)(C)C(C)(C)C. The lowest BCUT2D eigenvalue weighted by atomic mass is 9.81. The Hall–Kier alpha value is -2.01. The summed E-state index contributed by atoms with van der Waals surface area (Å²) in [4.78, 5) is 43.9. The van der Waals surface area contributed by atoms with Crippen LogP contribution in [0.1, 0.15) is 333 Å². The molecule has 850 valence electrons. The molecule has 0 aromatic rings. The van der Waals surface area contributed by atoms with Gasteiger partial charge in [0.15, 0.2) is 55.7 Å². The lowest BCUT2D eigenvalue weighted by Crippen LogP contribution is -2.69. The molecule has 10 unspecified atom stereocenters. The van der Waals surface area contributed by atoms with Gasteiger partial charge in [-0.05, 0) is 270 Å². The number of aliphatic hydroxyl groups is 1. The molecule has 0 aliphatic carbocycles. The summed E-state index contributed by atoms with van der Waals surface area (Å²) in [6.45, 7) is 100.0. The van der Waals surface area contributed by atoms with Crippen LogP contribution in [0.15, 0.2) is 72.9 Å². The molecule has 0 saturated carbocycles. The average molecular weight is 2180 g/mol. The second kappa shape index (κ2) is 50.5. The maximum absolute atomic E-state index is 14.9. The summed E-state index contributed by atoms with van der Waals surface area (Å²) < 4.78 is 129. The van der Waals surface area contributed by atoms with E-state index in [1.54, 1.807) is 20.3 Å². The fourth-order valence-corrected chi connectivity index (χ4v) is 30.8. The summed E-state index contributed by atoms with van der Waals surface area (Å²) in [6, 6.07) is 0. The van der Waals surface area contributed by atoms with Crippen molar-refractivity contribution in [1.29, 1.82) is 0 Å². The molecule has 28 heteroatoms. The minimum Gasteiger partial charge on any atom is -0.408 e. The molecule has 35 atom stereocenters. The molecule has 16 heterocycles. The number of carbonyl (C=O) groups is 3. The van der Waals surface area contributed by atoms with Gasteiger partial charge in [0.25, 0.3) is 0 Å². The topological polar surface area (TPSA) is 238 Å². The van der Waals surface area contributed by atoms with Crippen LogP contribution in [0.2, 0.25) is 109 Å². The molecule has 0 aromatic carbocycles. The molecule has 1 N–H and O–H groups in total. The van der Waals surface area contributed by atoms with Gasteiger partial charge in [-0.2, -0.15) is 0 Å². The van der Waals surface area contributed by atoms with Gasteiger partial charge >= 0.3 is 0 Å². The number of allylic oxidation sites excluding steroid dienone is 1. The second-order valence-corrected chi connectivity index (χ2v) is 85.7. The Morgan fingerprint density at radius 1 is 0.345 bits per heavy atom. The number of fused-ring (bicyclic) bond motifs is 4. The number of ketones is 3. The third kappa shape index (κ3) is 31.4. The van der Waals surface area contributed by atoms with Crippen molar-refractivity contribution >= 4 is 67.3 Å². The van der Waals surface area contributed by atoms with E-state index in [9.17, 15) is 19.5 Å². The van der Waals surface area contributed by atoms with Gasteiger partial charge in [0.1, 0.15) is 60.4 Å². The normalized spacial score (nSPS) is 38.3. The summed E-state index contributed by atoms with van der Waals surface area (Å²) in [5.74, 6) is 1.49. The standard InChI is InChI=1S/C60H108O11Si3.C60H106O11Si3/c2*1-22-37(2)31-52-53(63-15)46-35-42(62)34-45-27-30-48-54(66-45)56(70-73(18,19)59(9,10)11)57(71-74(20,21)60(12,13)14)55(68-48)49(69-72(16,17)58(6,7)8)28-24-41(61)23-25-43-33-39(4)47(64-43)29-26-44-32-38(3)40(5)50(65-44)36-51(46)67-52/h24,28,37-38,41,43-57,61H,4-5,22-23,25-27,29-36H2,1-3,6-21H3;24,28,37-38,43-57H,4-5,22-23,25-27,29-36H2,1-3,6-21H3/b2*28-24+/t37?,38-,41?,43?,44+,45-,46?,47?,48+,49+,50?,51+,52-,53-,54+,55+,56+,57-;37?,38-,43+,44+,45-,46?,47?,48+,49+,50?,51+,52-,53-,54+,55+,56+,57-/m11/s1. The Labute approximate surface area is 905 Å². The minimum atomic E-state index is -2.55. The molecule has 0 amide bonds. The number of hydrogen-bond acceptors (Lipinski definition) is 22. The quantitative estimate of drug-likeness (QED) is 0.0880. The highest BCUT2D eigenvalue weighted by Gasteiger charge is 2.63. The van der Waals surface area contributed by atoms with E-state index < -0.39 is 117 Å². The summed E-state index contributed by atoms with van der Waals surface area (Å²) in [6.07, 6.45) is 16.2. The predicted molar refractivity (Wildman–Crippen MR) is 612 cm³/mol. The van der Waals surface area contributed by atoms with Crippen molar-refractivity contribution in [2.45, 2.75) is 619 Å². The lowest BCUT2D eigenvalue weighted by molar-refractivity contribution is -0.266. The van der Waals surface area contributed by atoms with E-state index in [4.69, 9.17) is 83.4 Å². The summed E-state index contributed by atoms with van der Waals surface area (Å²) >= 11 is 0. The van der Waals surface area contributed by atoms with E-state index in [1.807, 2.05) is 12.2 Å². The van der Waals surface area contributed by atoms with Crippen LogP contribution >= 0.6 is 0 Å². The fraction of sp³-hybridized carbons (Fsp3) is 0.875. The first-order valence-corrected chi connectivity index (χ1v) is 75.8. The summed E-state index contributed by atoms with van der Waals surface area (Å²) in [5, 5.41) is 11.1. The van der Waals surface area contributed by atoms with Crippen LogP contribution in [0.25, 0.3) is 0 Å². The number of ether oxygens (including phenoxy) is 12. The van der Waals surface area contributed by atoms with Crippen LogP contribution in [0, 0.1) is 35.5 Å². The lowest BCUT2D eigenvalue weighted by Gasteiger charge is -2.56. The molecule has 0 aromatic heterocycles. The first-order chi connectivity index (χ1) is 68.3. The van der Waals surface area contributed by atoms with Crippen molar-refractivity contribution < 1.29 is 103 Å². The molecular weight excluding hydrogens is 1960 g/mol.